The third-order valence-electron chi connectivity index (χ3n) is 7.45. The second-order valence-electron chi connectivity index (χ2n) is 10.8. The minimum Gasteiger partial charge on any atom is -0.480 e. The Balaban J connectivity index is 1.23. The molecule has 1 saturated heterocycles. The van der Waals surface area contributed by atoms with Crippen LogP contribution in [0.1, 0.15) is 30.5 Å². The van der Waals surface area contributed by atoms with Gasteiger partial charge in [0.15, 0.2) is 0 Å². The molecule has 222 valence electrons. The van der Waals surface area contributed by atoms with Crippen molar-refractivity contribution in [1.29, 1.82) is 0 Å². The smallest absolute Gasteiger partial charge is 0.322 e. The number of carbonyl (C=O) groups is 1. The number of carboxylic acids is 1. The lowest BCUT2D eigenvalue weighted by Gasteiger charge is -2.36. The van der Waals surface area contributed by atoms with Crippen LogP contribution in [0.25, 0.3) is 10.8 Å². The third kappa shape index (κ3) is 7.11. The van der Waals surface area contributed by atoms with Crippen molar-refractivity contribution in [2.75, 3.05) is 31.1 Å². The Hall–Kier alpha value is -4.50. The molecule has 0 aliphatic carbocycles. The number of hydrogen-bond acceptors (Lipinski definition) is 6. The fourth-order valence-electron chi connectivity index (χ4n) is 4.96. The molecule has 5 rings (SSSR count). The van der Waals surface area contributed by atoms with Gasteiger partial charge in [0, 0.05) is 67.0 Å². The maximum atomic E-state index is 13.2. The Morgan fingerprint density at radius 1 is 0.953 bits per heavy atom. The monoisotopic (exact) mass is 599 g/mol. The SMILES string of the molecule is CC(C)[C@@H](NS(=O)(=O)N1CCN(c2ccc(C#Cc3ccc4ccn(Cc5ccncc5)c(=O)c4c3)cc2)CC1)C(=O)O. The number of nitrogens with zero attached hydrogens (tertiary/aromatic N) is 4. The summed E-state index contributed by atoms with van der Waals surface area (Å²) in [6.45, 7) is 5.23. The van der Waals surface area contributed by atoms with Gasteiger partial charge in [0.25, 0.3) is 15.8 Å². The van der Waals surface area contributed by atoms with Crippen molar-refractivity contribution < 1.29 is 18.3 Å². The summed E-state index contributed by atoms with van der Waals surface area (Å²) < 4.78 is 30.8. The summed E-state index contributed by atoms with van der Waals surface area (Å²) in [6, 6.07) is 17.9. The zero-order chi connectivity index (χ0) is 30.6. The zero-order valence-electron chi connectivity index (χ0n) is 24.0. The van der Waals surface area contributed by atoms with Crippen LogP contribution in [-0.4, -0.2) is 65.6 Å². The Bertz CT molecular complexity index is 1840. The summed E-state index contributed by atoms with van der Waals surface area (Å²) in [5, 5.41) is 10.8. The van der Waals surface area contributed by atoms with Gasteiger partial charge in [-0.1, -0.05) is 31.8 Å². The van der Waals surface area contributed by atoms with E-state index in [1.807, 2.05) is 60.7 Å². The first-order valence-corrected chi connectivity index (χ1v) is 15.4. The molecule has 0 spiro atoms. The van der Waals surface area contributed by atoms with Crippen LogP contribution in [-0.2, 0) is 21.5 Å². The molecule has 1 fully saturated rings. The lowest BCUT2D eigenvalue weighted by molar-refractivity contribution is -0.140. The van der Waals surface area contributed by atoms with Gasteiger partial charge in [-0.3, -0.25) is 14.6 Å². The lowest BCUT2D eigenvalue weighted by atomic mass is 10.1. The second-order valence-corrected chi connectivity index (χ2v) is 12.5. The average Bonchev–Trinajstić information content (AvgIpc) is 3.01. The molecule has 0 amide bonds. The van der Waals surface area contributed by atoms with Crippen molar-refractivity contribution in [1.82, 2.24) is 18.6 Å². The molecule has 2 aromatic carbocycles. The first-order chi connectivity index (χ1) is 20.6. The van der Waals surface area contributed by atoms with E-state index in [-0.39, 0.29) is 24.6 Å². The van der Waals surface area contributed by atoms with Gasteiger partial charge in [0.2, 0.25) is 0 Å². The van der Waals surface area contributed by atoms with E-state index in [4.69, 9.17) is 0 Å². The van der Waals surface area contributed by atoms with Crippen LogP contribution in [0.15, 0.2) is 84.0 Å². The number of carboxylic acid groups (broad SMARTS) is 1. The molecule has 43 heavy (non-hydrogen) atoms. The predicted octanol–water partition coefficient (Wildman–Crippen LogP) is 2.91. The Morgan fingerprint density at radius 3 is 2.26 bits per heavy atom. The fourth-order valence-corrected chi connectivity index (χ4v) is 6.45. The largest absolute Gasteiger partial charge is 0.480 e. The standard InChI is InChI=1S/C32H33N5O5S/c1-23(2)30(32(39)40)34-43(41,42)37-19-17-35(18-20-37)28-9-6-24(7-10-28)3-4-25-5-8-27-13-16-36(31(38)29(27)21-25)22-26-11-14-33-15-12-26/h5-16,21,23,30,34H,17-20,22H2,1-2H3,(H,39,40)/t30-/m1/s1. The van der Waals surface area contributed by atoms with Crippen molar-refractivity contribution in [2.24, 2.45) is 5.92 Å². The van der Waals surface area contributed by atoms with Crippen molar-refractivity contribution in [3.8, 4) is 11.8 Å². The predicted molar refractivity (Wildman–Crippen MR) is 166 cm³/mol. The van der Waals surface area contributed by atoms with Crippen molar-refractivity contribution in [2.45, 2.75) is 26.4 Å². The van der Waals surface area contributed by atoms with Gasteiger partial charge in [-0.2, -0.15) is 17.4 Å². The number of rotatable bonds is 8. The molecular weight excluding hydrogens is 566 g/mol. The fraction of sp³-hybridized carbons (Fsp3) is 0.281. The van der Waals surface area contributed by atoms with Gasteiger partial charge >= 0.3 is 5.97 Å². The molecule has 2 aromatic heterocycles. The van der Waals surface area contributed by atoms with Crippen LogP contribution in [0.4, 0.5) is 5.69 Å². The molecule has 3 heterocycles. The maximum Gasteiger partial charge on any atom is 0.322 e. The number of fused-ring (bicyclic) bond motifs is 1. The van der Waals surface area contributed by atoms with Gasteiger partial charge in [-0.15, -0.1) is 0 Å². The van der Waals surface area contributed by atoms with Gasteiger partial charge in [0.1, 0.15) is 6.04 Å². The molecule has 0 radical (unpaired) electrons. The van der Waals surface area contributed by atoms with E-state index >= 15 is 0 Å². The van der Waals surface area contributed by atoms with E-state index in [9.17, 15) is 23.1 Å². The number of aliphatic carboxylic acids is 1. The molecule has 4 aromatic rings. The summed E-state index contributed by atoms with van der Waals surface area (Å²) in [7, 11) is -3.92. The number of aromatic nitrogens is 2. The molecule has 11 heteroatoms. The van der Waals surface area contributed by atoms with Gasteiger partial charge in [-0.25, -0.2) is 0 Å². The molecule has 0 saturated carbocycles. The zero-order valence-corrected chi connectivity index (χ0v) is 24.8. The minimum atomic E-state index is -3.92. The van der Waals surface area contributed by atoms with E-state index in [2.05, 4.69) is 26.4 Å². The Morgan fingerprint density at radius 2 is 1.60 bits per heavy atom. The van der Waals surface area contributed by atoms with E-state index in [1.165, 1.54) is 4.31 Å². The van der Waals surface area contributed by atoms with Crippen LogP contribution < -0.4 is 15.2 Å². The van der Waals surface area contributed by atoms with E-state index < -0.39 is 22.2 Å². The van der Waals surface area contributed by atoms with Gasteiger partial charge in [-0.05, 0) is 71.5 Å². The Labute approximate surface area is 250 Å². The third-order valence-corrected chi connectivity index (χ3v) is 9.05. The van der Waals surface area contributed by atoms with Gasteiger partial charge in [0.05, 0.1) is 6.54 Å². The van der Waals surface area contributed by atoms with E-state index in [0.29, 0.717) is 25.0 Å². The topological polar surface area (TPSA) is 125 Å². The summed E-state index contributed by atoms with van der Waals surface area (Å²) in [5.41, 5.74) is 3.42. The van der Waals surface area contributed by atoms with Gasteiger partial charge < -0.3 is 14.6 Å². The highest BCUT2D eigenvalue weighted by Gasteiger charge is 2.32. The number of benzene rings is 2. The first-order valence-electron chi connectivity index (χ1n) is 14.0. The van der Waals surface area contributed by atoms with E-state index in [1.54, 1.807) is 37.0 Å². The number of anilines is 1. The van der Waals surface area contributed by atoms with Crippen molar-refractivity contribution in [3.63, 3.8) is 0 Å². The quantitative estimate of drug-likeness (QED) is 0.299. The Kier molecular flexibility index (Phi) is 8.92. The molecule has 0 bridgehead atoms. The first kappa shape index (κ1) is 30.0. The van der Waals surface area contributed by atoms with Crippen LogP contribution in [0.3, 0.4) is 0 Å². The molecule has 0 unspecified atom stereocenters. The van der Waals surface area contributed by atoms with Crippen LogP contribution >= 0.6 is 0 Å². The summed E-state index contributed by atoms with van der Waals surface area (Å²) in [6.07, 6.45) is 5.22. The van der Waals surface area contributed by atoms with Crippen LogP contribution in [0.2, 0.25) is 0 Å². The van der Waals surface area contributed by atoms with Crippen LogP contribution in [0.5, 0.6) is 0 Å². The van der Waals surface area contributed by atoms with Crippen LogP contribution in [0, 0.1) is 17.8 Å². The summed E-state index contributed by atoms with van der Waals surface area (Å²) in [4.78, 5) is 30.7. The maximum absolute atomic E-state index is 13.2. The molecule has 1 aliphatic heterocycles. The van der Waals surface area contributed by atoms with E-state index in [0.717, 1.165) is 27.8 Å². The normalized spacial score (nSPS) is 14.8. The second kappa shape index (κ2) is 12.8. The highest BCUT2D eigenvalue weighted by atomic mass is 32.2. The highest BCUT2D eigenvalue weighted by molar-refractivity contribution is 7.87. The molecule has 1 atom stereocenters. The number of pyridine rings is 2. The number of hydrogen-bond donors (Lipinski definition) is 2. The number of nitrogens with one attached hydrogen (secondary N) is 1. The molecule has 2 N–H and O–H groups in total. The minimum absolute atomic E-state index is 0.0763. The molecular formula is C32H33N5O5S. The highest BCUT2D eigenvalue weighted by Crippen LogP contribution is 2.19. The number of piperazine rings is 1. The average molecular weight is 600 g/mol. The lowest BCUT2D eigenvalue weighted by Crippen LogP contribution is -2.55. The summed E-state index contributed by atoms with van der Waals surface area (Å²) >= 11 is 0. The summed E-state index contributed by atoms with van der Waals surface area (Å²) in [5.74, 6) is 4.75. The van der Waals surface area contributed by atoms with Crippen molar-refractivity contribution >= 4 is 32.6 Å². The van der Waals surface area contributed by atoms with Crippen molar-refractivity contribution in [3.05, 3.63) is 106 Å². The molecule has 1 aliphatic rings. The molecule has 10 nitrogen and oxygen atoms in total.